The fourth-order valence-corrected chi connectivity index (χ4v) is 1.50. The van der Waals surface area contributed by atoms with E-state index in [4.69, 9.17) is 4.42 Å². The van der Waals surface area contributed by atoms with Crippen molar-refractivity contribution in [1.29, 1.82) is 0 Å². The third-order valence-electron chi connectivity index (χ3n) is 2.35. The largest absolute Gasteiger partial charge is 0.469 e. The van der Waals surface area contributed by atoms with Crippen molar-refractivity contribution in [3.05, 3.63) is 60.1 Å². The minimum Gasteiger partial charge on any atom is -0.469 e. The number of hydrogen-bond acceptors (Lipinski definition) is 3. The van der Waals surface area contributed by atoms with Crippen molar-refractivity contribution in [1.82, 2.24) is 0 Å². The summed E-state index contributed by atoms with van der Waals surface area (Å²) >= 11 is 0. The standard InChI is InChI=1S/C13H12O3/c14-12(9-11-7-4-8-16-11)13(15)10-5-2-1-3-6-10/h1-8,13,15H,9H2. The molecule has 0 fully saturated rings. The van der Waals surface area contributed by atoms with Crippen molar-refractivity contribution < 1.29 is 14.3 Å². The molecule has 0 saturated heterocycles. The van der Waals surface area contributed by atoms with Gasteiger partial charge in [0.2, 0.25) is 0 Å². The van der Waals surface area contributed by atoms with Crippen LogP contribution in [0.4, 0.5) is 0 Å². The van der Waals surface area contributed by atoms with Gasteiger partial charge in [-0.1, -0.05) is 30.3 Å². The number of ketones is 1. The molecule has 16 heavy (non-hydrogen) atoms. The predicted octanol–water partition coefficient (Wildman–Crippen LogP) is 2.12. The number of carbonyl (C=O) groups excluding carboxylic acids is 1. The van der Waals surface area contributed by atoms with Crippen LogP contribution in [-0.2, 0) is 11.2 Å². The van der Waals surface area contributed by atoms with Gasteiger partial charge in [-0.05, 0) is 17.7 Å². The molecule has 0 radical (unpaired) electrons. The average Bonchev–Trinajstić information content (AvgIpc) is 2.82. The third-order valence-corrected chi connectivity index (χ3v) is 2.35. The van der Waals surface area contributed by atoms with E-state index in [1.165, 1.54) is 6.26 Å². The minimum atomic E-state index is -1.08. The number of Topliss-reactive ketones (excluding diaryl/α,β-unsaturated/α-hetero) is 1. The van der Waals surface area contributed by atoms with Crippen molar-refractivity contribution in [2.75, 3.05) is 0 Å². The smallest absolute Gasteiger partial charge is 0.173 e. The summed E-state index contributed by atoms with van der Waals surface area (Å²) in [6, 6.07) is 12.3. The Balaban J connectivity index is 2.05. The van der Waals surface area contributed by atoms with Gasteiger partial charge in [-0.15, -0.1) is 0 Å². The molecule has 0 amide bonds. The normalized spacial score (nSPS) is 12.3. The summed E-state index contributed by atoms with van der Waals surface area (Å²) < 4.78 is 5.06. The van der Waals surface area contributed by atoms with Gasteiger partial charge in [0, 0.05) is 0 Å². The Bertz CT molecular complexity index is 445. The zero-order valence-corrected chi connectivity index (χ0v) is 8.67. The number of furan rings is 1. The fraction of sp³-hybridized carbons (Fsp3) is 0.154. The molecule has 0 aliphatic carbocycles. The maximum absolute atomic E-state index is 11.7. The molecule has 3 heteroatoms. The highest BCUT2D eigenvalue weighted by atomic mass is 16.3. The van der Waals surface area contributed by atoms with Gasteiger partial charge in [-0.25, -0.2) is 0 Å². The first-order chi connectivity index (χ1) is 7.77. The van der Waals surface area contributed by atoms with Gasteiger partial charge in [-0.3, -0.25) is 4.79 Å². The quantitative estimate of drug-likeness (QED) is 0.851. The predicted molar refractivity (Wildman–Crippen MR) is 58.8 cm³/mol. The highest BCUT2D eigenvalue weighted by Crippen LogP contribution is 2.15. The average molecular weight is 216 g/mol. The van der Waals surface area contributed by atoms with E-state index >= 15 is 0 Å². The summed E-state index contributed by atoms with van der Waals surface area (Å²) in [6.07, 6.45) is 0.548. The topological polar surface area (TPSA) is 50.4 Å². The van der Waals surface area contributed by atoms with Crippen LogP contribution >= 0.6 is 0 Å². The molecule has 1 heterocycles. The van der Waals surface area contributed by atoms with Gasteiger partial charge < -0.3 is 9.52 Å². The van der Waals surface area contributed by atoms with E-state index in [0.29, 0.717) is 11.3 Å². The van der Waals surface area contributed by atoms with Gasteiger partial charge in [0.25, 0.3) is 0 Å². The van der Waals surface area contributed by atoms with Gasteiger partial charge in [0.15, 0.2) is 5.78 Å². The maximum Gasteiger partial charge on any atom is 0.173 e. The summed E-state index contributed by atoms with van der Waals surface area (Å²) in [5, 5.41) is 9.80. The lowest BCUT2D eigenvalue weighted by molar-refractivity contribution is -0.127. The Hall–Kier alpha value is -1.87. The SMILES string of the molecule is O=C(Cc1ccco1)C(O)c1ccccc1. The van der Waals surface area contributed by atoms with Crippen LogP contribution in [0.1, 0.15) is 17.4 Å². The van der Waals surface area contributed by atoms with Crippen LogP contribution in [0.15, 0.2) is 53.1 Å². The van der Waals surface area contributed by atoms with Crippen molar-refractivity contribution in [2.45, 2.75) is 12.5 Å². The van der Waals surface area contributed by atoms with E-state index in [1.54, 1.807) is 36.4 Å². The van der Waals surface area contributed by atoms with Crippen LogP contribution in [0.2, 0.25) is 0 Å². The summed E-state index contributed by atoms with van der Waals surface area (Å²) in [5.41, 5.74) is 0.610. The molecule has 0 saturated carbocycles. The first-order valence-electron chi connectivity index (χ1n) is 5.05. The highest BCUT2D eigenvalue weighted by molar-refractivity contribution is 5.85. The lowest BCUT2D eigenvalue weighted by Gasteiger charge is -2.08. The first-order valence-corrected chi connectivity index (χ1v) is 5.05. The van der Waals surface area contributed by atoms with Gasteiger partial charge in [-0.2, -0.15) is 0 Å². The molecule has 1 unspecified atom stereocenters. The number of aliphatic hydroxyl groups is 1. The van der Waals surface area contributed by atoms with Gasteiger partial charge >= 0.3 is 0 Å². The highest BCUT2D eigenvalue weighted by Gasteiger charge is 2.18. The van der Waals surface area contributed by atoms with Crippen LogP contribution in [0.5, 0.6) is 0 Å². The van der Waals surface area contributed by atoms with Gasteiger partial charge in [0.1, 0.15) is 11.9 Å². The molecule has 1 N–H and O–H groups in total. The second kappa shape index (κ2) is 4.77. The lowest BCUT2D eigenvalue weighted by Crippen LogP contribution is -2.14. The second-order valence-corrected chi connectivity index (χ2v) is 3.54. The van der Waals surface area contributed by atoms with Crippen LogP contribution in [0.3, 0.4) is 0 Å². The van der Waals surface area contributed by atoms with Crippen LogP contribution < -0.4 is 0 Å². The fourth-order valence-electron chi connectivity index (χ4n) is 1.50. The Morgan fingerprint density at radius 3 is 2.56 bits per heavy atom. The summed E-state index contributed by atoms with van der Waals surface area (Å²) in [4.78, 5) is 11.7. The maximum atomic E-state index is 11.7. The van der Waals surface area contributed by atoms with E-state index in [0.717, 1.165) is 0 Å². The molecule has 1 aromatic heterocycles. The zero-order valence-electron chi connectivity index (χ0n) is 8.67. The van der Waals surface area contributed by atoms with Crippen LogP contribution in [-0.4, -0.2) is 10.9 Å². The molecular weight excluding hydrogens is 204 g/mol. The Kier molecular flexibility index (Phi) is 3.17. The Labute approximate surface area is 93.3 Å². The molecule has 1 aromatic carbocycles. The first kappa shape index (κ1) is 10.6. The number of aliphatic hydroxyl groups excluding tert-OH is 1. The Morgan fingerprint density at radius 2 is 1.94 bits per heavy atom. The van der Waals surface area contributed by atoms with E-state index < -0.39 is 6.10 Å². The molecule has 2 rings (SSSR count). The van der Waals surface area contributed by atoms with Crippen molar-refractivity contribution in [2.24, 2.45) is 0 Å². The molecule has 1 atom stereocenters. The van der Waals surface area contributed by atoms with E-state index in [-0.39, 0.29) is 12.2 Å². The van der Waals surface area contributed by atoms with E-state index in [9.17, 15) is 9.90 Å². The number of rotatable bonds is 4. The van der Waals surface area contributed by atoms with Crippen LogP contribution in [0.25, 0.3) is 0 Å². The molecule has 0 aliphatic heterocycles. The molecule has 0 aliphatic rings. The minimum absolute atomic E-state index is 0.114. The van der Waals surface area contributed by atoms with Crippen molar-refractivity contribution >= 4 is 5.78 Å². The zero-order chi connectivity index (χ0) is 11.4. The Morgan fingerprint density at radius 1 is 1.19 bits per heavy atom. The lowest BCUT2D eigenvalue weighted by atomic mass is 10.0. The molecule has 2 aromatic rings. The van der Waals surface area contributed by atoms with Crippen molar-refractivity contribution in [3.63, 3.8) is 0 Å². The third kappa shape index (κ3) is 2.38. The van der Waals surface area contributed by atoms with Gasteiger partial charge in [0.05, 0.1) is 12.7 Å². The summed E-state index contributed by atoms with van der Waals surface area (Å²) in [6.45, 7) is 0. The molecule has 82 valence electrons. The molecule has 0 spiro atoms. The van der Waals surface area contributed by atoms with Crippen LogP contribution in [0, 0.1) is 0 Å². The van der Waals surface area contributed by atoms with E-state index in [2.05, 4.69) is 0 Å². The summed E-state index contributed by atoms with van der Waals surface area (Å²) in [7, 11) is 0. The number of benzene rings is 1. The number of hydrogen-bond donors (Lipinski definition) is 1. The summed E-state index contributed by atoms with van der Waals surface area (Å²) in [5.74, 6) is 0.307. The molecule has 0 bridgehead atoms. The van der Waals surface area contributed by atoms with E-state index in [1.807, 2.05) is 6.07 Å². The second-order valence-electron chi connectivity index (χ2n) is 3.54. The monoisotopic (exact) mass is 216 g/mol. The number of carbonyl (C=O) groups is 1. The molecular formula is C13H12O3. The molecule has 3 nitrogen and oxygen atoms in total. The van der Waals surface area contributed by atoms with Crippen molar-refractivity contribution in [3.8, 4) is 0 Å².